The molecule has 1 saturated heterocycles. The van der Waals surface area contributed by atoms with Crippen LogP contribution in [-0.4, -0.2) is 44.0 Å². The summed E-state index contributed by atoms with van der Waals surface area (Å²) in [6, 6.07) is 8.43. The molecule has 1 amide bonds. The third kappa shape index (κ3) is 5.27. The van der Waals surface area contributed by atoms with E-state index in [1.54, 1.807) is 0 Å². The number of likely N-dealkylation sites (N-methyl/N-ethyl adjacent to an activating group) is 1. The first kappa shape index (κ1) is 21.1. The highest BCUT2D eigenvalue weighted by molar-refractivity contribution is 5.85. The van der Waals surface area contributed by atoms with E-state index in [1.807, 2.05) is 4.90 Å². The number of rotatable bonds is 3. The van der Waals surface area contributed by atoms with Crippen molar-refractivity contribution in [1.82, 2.24) is 10.2 Å². The summed E-state index contributed by atoms with van der Waals surface area (Å²) in [5.74, 6) is 1.05. The van der Waals surface area contributed by atoms with Gasteiger partial charge in [0, 0.05) is 38.8 Å². The molecule has 0 unspecified atom stereocenters. The standard InChI is InChI=1S/C18H27N3O.2ClH/c1-20-12-13-21(14-16-4-2-3-5-17(16)20)18(22)7-6-15-8-10-19-11-9-15;;/h2-5,15,19H,6-14H2,1H3;2*1H. The van der Waals surface area contributed by atoms with Gasteiger partial charge in [-0.2, -0.15) is 0 Å². The Hall–Kier alpha value is -0.970. The van der Waals surface area contributed by atoms with Crippen LogP contribution < -0.4 is 10.2 Å². The number of benzene rings is 1. The molecule has 1 N–H and O–H groups in total. The fourth-order valence-corrected chi connectivity index (χ4v) is 3.56. The zero-order valence-corrected chi connectivity index (χ0v) is 16.0. The number of anilines is 1. The zero-order chi connectivity index (χ0) is 15.4. The van der Waals surface area contributed by atoms with Gasteiger partial charge in [-0.15, -0.1) is 24.8 Å². The Kier molecular flexibility index (Phi) is 8.88. The zero-order valence-electron chi connectivity index (χ0n) is 14.4. The molecule has 0 spiro atoms. The summed E-state index contributed by atoms with van der Waals surface area (Å²) in [6.07, 6.45) is 4.20. The first-order chi connectivity index (χ1) is 10.7. The molecular weight excluding hydrogens is 345 g/mol. The minimum absolute atomic E-state index is 0. The van der Waals surface area contributed by atoms with Gasteiger partial charge in [0.25, 0.3) is 0 Å². The Labute approximate surface area is 157 Å². The highest BCUT2D eigenvalue weighted by Crippen LogP contribution is 2.25. The molecule has 0 bridgehead atoms. The first-order valence-corrected chi connectivity index (χ1v) is 8.51. The Morgan fingerprint density at radius 2 is 1.88 bits per heavy atom. The quantitative estimate of drug-likeness (QED) is 0.883. The third-order valence-corrected chi connectivity index (χ3v) is 5.05. The summed E-state index contributed by atoms with van der Waals surface area (Å²) in [5, 5.41) is 3.39. The van der Waals surface area contributed by atoms with Crippen molar-refractivity contribution in [2.45, 2.75) is 32.2 Å². The van der Waals surface area contributed by atoms with Crippen LogP contribution in [0.1, 0.15) is 31.2 Å². The number of carbonyl (C=O) groups excluding carboxylic acids is 1. The van der Waals surface area contributed by atoms with Crippen LogP contribution in [0, 0.1) is 5.92 Å². The summed E-state index contributed by atoms with van der Waals surface area (Å²) >= 11 is 0. The maximum Gasteiger partial charge on any atom is 0.222 e. The summed E-state index contributed by atoms with van der Waals surface area (Å²) in [5.41, 5.74) is 2.52. The van der Waals surface area contributed by atoms with Crippen molar-refractivity contribution in [2.24, 2.45) is 5.92 Å². The van der Waals surface area contributed by atoms with Gasteiger partial charge in [-0.1, -0.05) is 18.2 Å². The summed E-state index contributed by atoms with van der Waals surface area (Å²) in [4.78, 5) is 16.9. The van der Waals surface area contributed by atoms with Gasteiger partial charge in [-0.25, -0.2) is 0 Å². The number of hydrogen-bond donors (Lipinski definition) is 1. The van der Waals surface area contributed by atoms with E-state index in [-0.39, 0.29) is 24.8 Å². The molecule has 0 saturated carbocycles. The number of hydrogen-bond acceptors (Lipinski definition) is 3. The lowest BCUT2D eigenvalue weighted by molar-refractivity contribution is -0.132. The Morgan fingerprint density at radius 3 is 2.62 bits per heavy atom. The van der Waals surface area contributed by atoms with Gasteiger partial charge < -0.3 is 15.1 Å². The van der Waals surface area contributed by atoms with Gasteiger partial charge in [-0.05, 0) is 49.9 Å². The van der Waals surface area contributed by atoms with E-state index in [2.05, 4.69) is 41.5 Å². The average Bonchev–Trinajstić information content (AvgIpc) is 2.73. The van der Waals surface area contributed by atoms with E-state index in [9.17, 15) is 4.79 Å². The molecule has 4 nitrogen and oxygen atoms in total. The number of nitrogens with zero attached hydrogens (tertiary/aromatic N) is 2. The lowest BCUT2D eigenvalue weighted by atomic mass is 9.93. The van der Waals surface area contributed by atoms with E-state index < -0.39 is 0 Å². The molecule has 3 rings (SSSR count). The molecule has 0 aliphatic carbocycles. The number of amides is 1. The van der Waals surface area contributed by atoms with E-state index in [4.69, 9.17) is 0 Å². The largest absolute Gasteiger partial charge is 0.373 e. The van der Waals surface area contributed by atoms with Crippen molar-refractivity contribution in [2.75, 3.05) is 38.1 Å². The molecule has 6 heteroatoms. The Morgan fingerprint density at radius 1 is 1.17 bits per heavy atom. The Bertz CT molecular complexity index is 521. The summed E-state index contributed by atoms with van der Waals surface area (Å²) in [7, 11) is 2.11. The Balaban J connectivity index is 0.00000144. The maximum absolute atomic E-state index is 12.6. The minimum Gasteiger partial charge on any atom is -0.373 e. The molecular formula is C18H29Cl2N3O. The van der Waals surface area contributed by atoms with Crippen LogP contribution in [0.15, 0.2) is 24.3 Å². The molecule has 2 heterocycles. The van der Waals surface area contributed by atoms with Crippen molar-refractivity contribution in [1.29, 1.82) is 0 Å². The second-order valence-electron chi connectivity index (χ2n) is 6.60. The highest BCUT2D eigenvalue weighted by Gasteiger charge is 2.22. The lowest BCUT2D eigenvalue weighted by Crippen LogP contribution is -2.35. The minimum atomic E-state index is 0. The van der Waals surface area contributed by atoms with Gasteiger partial charge in [0.1, 0.15) is 0 Å². The van der Waals surface area contributed by atoms with Crippen LogP contribution in [0.2, 0.25) is 0 Å². The van der Waals surface area contributed by atoms with Gasteiger partial charge >= 0.3 is 0 Å². The molecule has 2 aliphatic heterocycles. The maximum atomic E-state index is 12.6. The number of fused-ring (bicyclic) bond motifs is 1. The van der Waals surface area contributed by atoms with Gasteiger partial charge in [0.15, 0.2) is 0 Å². The molecule has 1 fully saturated rings. The molecule has 0 radical (unpaired) electrons. The first-order valence-electron chi connectivity index (χ1n) is 8.51. The topological polar surface area (TPSA) is 35.6 Å². The summed E-state index contributed by atoms with van der Waals surface area (Å²) in [6.45, 7) is 4.72. The lowest BCUT2D eigenvalue weighted by Gasteiger charge is -2.25. The average molecular weight is 374 g/mol. The fraction of sp³-hybridized carbons (Fsp3) is 0.611. The van der Waals surface area contributed by atoms with Crippen molar-refractivity contribution < 1.29 is 4.79 Å². The van der Waals surface area contributed by atoms with Gasteiger partial charge in [-0.3, -0.25) is 4.79 Å². The van der Waals surface area contributed by atoms with Crippen LogP contribution >= 0.6 is 24.8 Å². The van der Waals surface area contributed by atoms with E-state index >= 15 is 0 Å². The van der Waals surface area contributed by atoms with Crippen LogP contribution in [0.4, 0.5) is 5.69 Å². The van der Waals surface area contributed by atoms with Gasteiger partial charge in [0.2, 0.25) is 5.91 Å². The second kappa shape index (κ2) is 10.1. The third-order valence-electron chi connectivity index (χ3n) is 5.05. The molecule has 0 aromatic heterocycles. The van der Waals surface area contributed by atoms with E-state index in [0.29, 0.717) is 12.3 Å². The van der Waals surface area contributed by atoms with Crippen molar-refractivity contribution >= 4 is 36.4 Å². The van der Waals surface area contributed by atoms with Crippen LogP contribution in [-0.2, 0) is 11.3 Å². The molecule has 24 heavy (non-hydrogen) atoms. The van der Waals surface area contributed by atoms with Crippen molar-refractivity contribution in [3.05, 3.63) is 29.8 Å². The molecule has 1 aromatic carbocycles. The number of carbonyl (C=O) groups is 1. The molecule has 136 valence electrons. The van der Waals surface area contributed by atoms with Crippen LogP contribution in [0.25, 0.3) is 0 Å². The smallest absolute Gasteiger partial charge is 0.222 e. The summed E-state index contributed by atoms with van der Waals surface area (Å²) < 4.78 is 0. The second-order valence-corrected chi connectivity index (χ2v) is 6.60. The van der Waals surface area contributed by atoms with E-state index in [1.165, 1.54) is 24.1 Å². The fourth-order valence-electron chi connectivity index (χ4n) is 3.56. The predicted octanol–water partition coefficient (Wildman–Crippen LogP) is 3.09. The predicted molar refractivity (Wildman–Crippen MR) is 104 cm³/mol. The normalized spacial score (nSPS) is 18.0. The van der Waals surface area contributed by atoms with Crippen molar-refractivity contribution in [3.63, 3.8) is 0 Å². The number of nitrogens with one attached hydrogen (secondary N) is 1. The number of piperidine rings is 1. The number of para-hydroxylation sites is 1. The molecule has 2 aliphatic rings. The molecule has 0 atom stereocenters. The van der Waals surface area contributed by atoms with E-state index in [0.717, 1.165) is 45.1 Å². The van der Waals surface area contributed by atoms with Crippen LogP contribution in [0.5, 0.6) is 0 Å². The number of halogens is 2. The monoisotopic (exact) mass is 373 g/mol. The van der Waals surface area contributed by atoms with Gasteiger partial charge in [0.05, 0.1) is 0 Å². The molecule has 1 aromatic rings. The van der Waals surface area contributed by atoms with Crippen LogP contribution in [0.3, 0.4) is 0 Å². The highest BCUT2D eigenvalue weighted by atomic mass is 35.5. The SMILES string of the molecule is CN1CCN(C(=O)CCC2CCNCC2)Cc2ccccc21.Cl.Cl. The van der Waals surface area contributed by atoms with Crippen molar-refractivity contribution in [3.8, 4) is 0 Å².